The van der Waals surface area contributed by atoms with Crippen molar-refractivity contribution in [3.63, 3.8) is 0 Å². The molecule has 0 radical (unpaired) electrons. The quantitative estimate of drug-likeness (QED) is 0.0215. The van der Waals surface area contributed by atoms with E-state index in [1.54, 1.807) is 6.07 Å². The van der Waals surface area contributed by atoms with Crippen molar-refractivity contribution in [2.24, 2.45) is 0 Å². The molecule has 0 unspecified atom stereocenters. The lowest BCUT2D eigenvalue weighted by Crippen LogP contribution is -2.69. The normalized spacial score (nSPS) is 36.0. The van der Waals surface area contributed by atoms with Crippen LogP contribution in [0.3, 0.4) is 0 Å². The summed E-state index contributed by atoms with van der Waals surface area (Å²) < 4.78 is 88.9. The molecular weight excluding hydrogens is 1260 g/mol. The number of aromatic hydroxyl groups is 2. The van der Waals surface area contributed by atoms with E-state index >= 15 is 0 Å². The summed E-state index contributed by atoms with van der Waals surface area (Å²) in [5, 5.41) is 153. The smallest absolute Gasteiger partial charge is 0.338 e. The number of phenolic OH excluding ortho intramolecular Hbond substituents is 2. The Morgan fingerprint density at radius 1 is 0.500 bits per heavy atom. The maximum absolute atomic E-state index is 14.3. The van der Waals surface area contributed by atoms with E-state index in [4.69, 9.17) is 71.1 Å². The summed E-state index contributed by atoms with van der Waals surface area (Å²) in [4.78, 5) is 67.5. The van der Waals surface area contributed by atoms with Gasteiger partial charge in [0.05, 0.1) is 32.5 Å². The average molecular weight is 1340 g/mol. The molecule has 94 heavy (non-hydrogen) atoms. The van der Waals surface area contributed by atoms with E-state index in [0.717, 1.165) is 26.0 Å². The van der Waals surface area contributed by atoms with E-state index in [1.807, 2.05) is 0 Å². The number of rotatable bonds is 25. The Hall–Kier alpha value is -6.95. The van der Waals surface area contributed by atoms with Gasteiger partial charge in [0.15, 0.2) is 48.9 Å². The first kappa shape index (κ1) is 72.9. The lowest BCUT2D eigenvalue weighted by atomic mass is 9.95. The van der Waals surface area contributed by atoms with Crippen molar-refractivity contribution in [1.29, 1.82) is 0 Å². The molecule has 5 aliphatic heterocycles. The van der Waals surface area contributed by atoms with Crippen molar-refractivity contribution in [1.82, 2.24) is 0 Å². The number of ether oxygens (including phenoxy) is 15. The number of esters is 5. The van der Waals surface area contributed by atoms with E-state index < -0.39 is 216 Å². The van der Waals surface area contributed by atoms with Crippen LogP contribution >= 0.6 is 0 Å². The van der Waals surface area contributed by atoms with Crippen LogP contribution in [0.1, 0.15) is 35.3 Å². The highest BCUT2D eigenvalue weighted by Gasteiger charge is 2.64. The fourth-order valence-electron chi connectivity index (χ4n) is 10.5. The van der Waals surface area contributed by atoms with Gasteiger partial charge in [-0.3, -0.25) is 9.59 Å². The second-order valence-corrected chi connectivity index (χ2v) is 22.0. The summed E-state index contributed by atoms with van der Waals surface area (Å²) in [5.41, 5.74) is 0.417. The molecule has 0 saturated carbocycles. The maximum atomic E-state index is 14.3. The van der Waals surface area contributed by atoms with Crippen LogP contribution in [0.25, 0.3) is 12.2 Å². The summed E-state index contributed by atoms with van der Waals surface area (Å²) in [6.07, 6.45) is -45.3. The summed E-state index contributed by atoms with van der Waals surface area (Å²) in [5.74, 6) is -9.14. The molecule has 5 heterocycles. The van der Waals surface area contributed by atoms with Crippen LogP contribution in [-0.2, 0) is 85.5 Å². The van der Waals surface area contributed by atoms with Crippen LogP contribution in [0.2, 0.25) is 0 Å². The second-order valence-electron chi connectivity index (χ2n) is 22.0. The van der Waals surface area contributed by atoms with Gasteiger partial charge in [0, 0.05) is 26.0 Å². The number of aliphatic hydroxyl groups is 12. The Labute approximate surface area is 533 Å². The highest BCUT2D eigenvalue weighted by Crippen LogP contribution is 2.43. The van der Waals surface area contributed by atoms with Gasteiger partial charge in [-0.05, 0) is 59.7 Å². The predicted octanol–water partition coefficient (Wildman–Crippen LogP) is -4.97. The number of hydrogen-bond donors (Lipinski definition) is 14. The number of phenols is 2. The van der Waals surface area contributed by atoms with Gasteiger partial charge in [-0.1, -0.05) is 36.4 Å². The zero-order chi connectivity index (χ0) is 68.3. The Balaban J connectivity index is 1.28. The first-order valence-corrected chi connectivity index (χ1v) is 29.1. The third-order valence-corrected chi connectivity index (χ3v) is 15.5. The van der Waals surface area contributed by atoms with Crippen LogP contribution in [-0.4, -0.2) is 295 Å². The number of hydrogen-bond acceptors (Lipinski definition) is 34. The summed E-state index contributed by atoms with van der Waals surface area (Å²) in [6, 6.07) is 16.4. The topological polar surface area (TPSA) is 507 Å². The molecule has 0 amide bonds. The lowest BCUT2D eigenvalue weighted by molar-refractivity contribution is -0.423. The Kier molecular flexibility index (Phi) is 25.3. The van der Waals surface area contributed by atoms with E-state index in [2.05, 4.69) is 0 Å². The summed E-state index contributed by atoms with van der Waals surface area (Å²) in [6.45, 7) is -4.45. The molecule has 34 nitrogen and oxygen atoms in total. The fraction of sp³-hybridized carbons (Fsp3) is 0.550. The average Bonchev–Trinajstić information content (AvgIpc) is 1.38. The fourth-order valence-corrected chi connectivity index (χ4v) is 10.5. The van der Waals surface area contributed by atoms with Crippen molar-refractivity contribution >= 4 is 42.0 Å². The van der Waals surface area contributed by atoms with Gasteiger partial charge in [-0.15, -0.1) is 0 Å². The van der Waals surface area contributed by atoms with Gasteiger partial charge in [0.25, 0.3) is 0 Å². The third kappa shape index (κ3) is 17.4. The minimum absolute atomic E-state index is 0.00624. The Bertz CT molecular complexity index is 3060. The molecule has 14 N–H and O–H groups in total. The predicted molar refractivity (Wildman–Crippen MR) is 304 cm³/mol. The summed E-state index contributed by atoms with van der Waals surface area (Å²) >= 11 is 0. The van der Waals surface area contributed by atoms with Crippen LogP contribution in [0.5, 0.6) is 17.2 Å². The molecule has 0 bridgehead atoms. The van der Waals surface area contributed by atoms with Crippen LogP contribution in [0, 0.1) is 0 Å². The van der Waals surface area contributed by atoms with E-state index in [0.29, 0.717) is 5.56 Å². The highest BCUT2D eigenvalue weighted by molar-refractivity contribution is 5.90. The van der Waals surface area contributed by atoms with Crippen LogP contribution < -0.4 is 4.74 Å². The molecule has 0 aromatic heterocycles. The highest BCUT2D eigenvalue weighted by atomic mass is 16.8. The van der Waals surface area contributed by atoms with E-state index in [9.17, 15) is 95.5 Å². The Morgan fingerprint density at radius 2 is 1.00 bits per heavy atom. The molecule has 34 heteroatoms. The molecule has 3 aromatic carbocycles. The minimum Gasteiger partial charge on any atom is -0.508 e. The molecule has 5 aliphatic rings. The number of carbonyl (C=O) groups is 5. The van der Waals surface area contributed by atoms with Crippen molar-refractivity contribution in [2.45, 2.75) is 161 Å². The number of carbonyl (C=O) groups excluding carboxylic acids is 5. The molecule has 3 aromatic rings. The van der Waals surface area contributed by atoms with Gasteiger partial charge in [-0.25, -0.2) is 14.4 Å². The van der Waals surface area contributed by atoms with Crippen molar-refractivity contribution < 1.29 is 167 Å². The van der Waals surface area contributed by atoms with Gasteiger partial charge >= 0.3 is 29.8 Å². The van der Waals surface area contributed by atoms with Gasteiger partial charge in [-0.2, -0.15) is 0 Å². The van der Waals surface area contributed by atoms with Crippen LogP contribution in [0.15, 0.2) is 84.9 Å². The number of benzene rings is 3. The van der Waals surface area contributed by atoms with Gasteiger partial charge < -0.3 is 143 Å². The first-order chi connectivity index (χ1) is 44.8. The monoisotopic (exact) mass is 1340 g/mol. The van der Waals surface area contributed by atoms with Crippen molar-refractivity contribution in [3.8, 4) is 17.2 Å². The zero-order valence-electron chi connectivity index (χ0n) is 50.2. The molecule has 0 spiro atoms. The molecular formula is C60H74O34. The summed E-state index contributed by atoms with van der Waals surface area (Å²) in [7, 11) is 1.27. The first-order valence-electron chi connectivity index (χ1n) is 29.1. The number of methoxy groups -OCH3 is 1. The second kappa shape index (κ2) is 32.7. The van der Waals surface area contributed by atoms with Crippen molar-refractivity contribution in [3.05, 3.63) is 102 Å². The van der Waals surface area contributed by atoms with Crippen LogP contribution in [0.4, 0.5) is 0 Å². The van der Waals surface area contributed by atoms with Gasteiger partial charge in [0.1, 0.15) is 129 Å². The van der Waals surface area contributed by atoms with E-state index in [-0.39, 0.29) is 28.4 Å². The number of aliphatic hydroxyl groups excluding tert-OH is 12. The largest absolute Gasteiger partial charge is 0.508 e. The molecule has 5 fully saturated rings. The molecule has 8 rings (SSSR count). The lowest BCUT2D eigenvalue weighted by Gasteiger charge is -2.51. The molecule has 5 saturated heterocycles. The maximum Gasteiger partial charge on any atom is 0.338 e. The molecule has 24 atom stereocenters. The third-order valence-electron chi connectivity index (χ3n) is 15.5. The van der Waals surface area contributed by atoms with Gasteiger partial charge in [0.2, 0.25) is 5.79 Å². The molecule has 518 valence electrons. The Morgan fingerprint density at radius 3 is 1.56 bits per heavy atom. The minimum atomic E-state index is -3.02. The van der Waals surface area contributed by atoms with E-state index in [1.165, 1.54) is 86.0 Å². The van der Waals surface area contributed by atoms with Crippen molar-refractivity contribution in [2.75, 3.05) is 46.8 Å². The standard InChI is InChI=1S/C60H74O34/c1-26(64)81-23-37-50(89-56-47(76)44(73)41(70)34(20-61)84-56)46(75)49(78)58(86-37)90-52-51(88-40(69)18-12-28-9-14-31(66)15-10-28)38(24-82-27(2)65)87-59(53(52)91-57-48(77)45(74)42(71)35(21-62)85-57)94-60(25-83-39(68)17-13-29-11-16-32(67)33(19-29)80-3)54(43(72)36(22-63)93-60)92-55(79)30-7-5-4-6-8-30/h4-19,34-38,41-54,56-59,61-63,66-67,70-78H,20-25H2,1-3H3/t34-,35-,36-,37-,38-,41-,42-,43-,44+,45+,46-,47-,48-,49-,50-,51-,52+,53-,54+,56+,57+,58+,59-,60+/m1/s1. The SMILES string of the molecule is COc1cc(C=CC(=O)OC[C@@]2(O[C@H]3O[C@H](COC(C)=O)[C@@H](OC(=O)C=Cc4ccc(O)cc4)[C@H](O[C@@H]4O[C@H](COC(C)=O)[C@@H](O[C@@H]5O[C@H](CO)[C@@H](O)[C@H](O)[C@H]5O)[C@H](O)[C@H]4O)[C@H]3O[C@@H]3O[C@H](CO)[C@@H](O)[C@H](O)[C@H]3O)O[C@H](CO)[C@@H](O)[C@@H]2OC(=O)c2ccccc2)ccc1O. The zero-order valence-corrected chi connectivity index (χ0v) is 50.2. The molecule has 0 aliphatic carbocycles.